The minimum absolute atomic E-state index is 0.794. The van der Waals surface area contributed by atoms with Crippen LogP contribution >= 0.6 is 11.3 Å². The molecule has 0 fully saturated rings. The van der Waals surface area contributed by atoms with Crippen LogP contribution in [0.25, 0.3) is 0 Å². The lowest BCUT2D eigenvalue weighted by atomic mass is 10.9. The van der Waals surface area contributed by atoms with E-state index in [9.17, 15) is 0 Å². The summed E-state index contributed by atoms with van der Waals surface area (Å²) in [6, 6.07) is 0. The average molecular weight is 141 g/mol. The topological polar surface area (TPSA) is 37.8 Å². The third kappa shape index (κ3) is 1.50. The molecule has 1 heterocycles. The van der Waals surface area contributed by atoms with Crippen molar-refractivity contribution in [2.75, 3.05) is 5.32 Å². The first-order chi connectivity index (χ1) is 4.33. The molecule has 0 saturated carbocycles. The monoisotopic (exact) mass is 141 g/mol. The maximum Gasteiger partial charge on any atom is 0.209 e. The lowest BCUT2D eigenvalue weighted by Crippen LogP contribution is -1.82. The van der Waals surface area contributed by atoms with Gasteiger partial charge >= 0.3 is 0 Å². The van der Waals surface area contributed by atoms with Crippen LogP contribution in [0.15, 0.2) is 12.8 Å². The number of hydrogen-bond donors (Lipinski definition) is 1. The van der Waals surface area contributed by atoms with Gasteiger partial charge in [0.1, 0.15) is 5.01 Å². The lowest BCUT2D eigenvalue weighted by molar-refractivity contribution is 1.05. The van der Waals surface area contributed by atoms with E-state index in [1.807, 2.05) is 6.92 Å². The van der Waals surface area contributed by atoms with Crippen LogP contribution < -0.4 is 5.32 Å². The number of rotatable bonds is 2. The quantitative estimate of drug-likeness (QED) is 0.676. The van der Waals surface area contributed by atoms with Gasteiger partial charge in [0.05, 0.1) is 0 Å². The summed E-state index contributed by atoms with van der Waals surface area (Å²) in [6.07, 6.45) is 1.58. The zero-order chi connectivity index (χ0) is 6.69. The summed E-state index contributed by atoms with van der Waals surface area (Å²) >= 11 is 1.51. The molecule has 3 nitrogen and oxygen atoms in total. The van der Waals surface area contributed by atoms with Crippen molar-refractivity contribution in [1.29, 1.82) is 0 Å². The van der Waals surface area contributed by atoms with Gasteiger partial charge in [0.25, 0.3) is 0 Å². The van der Waals surface area contributed by atoms with Crippen molar-refractivity contribution in [2.24, 2.45) is 0 Å². The molecule has 0 atom stereocenters. The number of aromatic nitrogens is 2. The van der Waals surface area contributed by atoms with Gasteiger partial charge in [-0.1, -0.05) is 17.9 Å². The summed E-state index contributed by atoms with van der Waals surface area (Å²) in [4.78, 5) is 0. The van der Waals surface area contributed by atoms with Crippen LogP contribution in [0.1, 0.15) is 5.01 Å². The Morgan fingerprint density at radius 1 is 1.67 bits per heavy atom. The van der Waals surface area contributed by atoms with E-state index in [1.54, 1.807) is 6.20 Å². The fraction of sp³-hybridized carbons (Fsp3) is 0.200. The second-order valence-electron chi connectivity index (χ2n) is 1.47. The number of hydrogen-bond acceptors (Lipinski definition) is 4. The van der Waals surface area contributed by atoms with E-state index in [4.69, 9.17) is 0 Å². The third-order valence-electron chi connectivity index (χ3n) is 0.752. The predicted molar refractivity (Wildman–Crippen MR) is 38.5 cm³/mol. The normalized spacial score (nSPS) is 9.00. The molecule has 0 bridgehead atoms. The van der Waals surface area contributed by atoms with Gasteiger partial charge < -0.3 is 5.32 Å². The van der Waals surface area contributed by atoms with E-state index < -0.39 is 0 Å². The highest BCUT2D eigenvalue weighted by molar-refractivity contribution is 7.15. The van der Waals surface area contributed by atoms with E-state index in [-0.39, 0.29) is 0 Å². The predicted octanol–water partition coefficient (Wildman–Crippen LogP) is 1.40. The van der Waals surface area contributed by atoms with Gasteiger partial charge in [-0.25, -0.2) is 0 Å². The summed E-state index contributed by atoms with van der Waals surface area (Å²) < 4.78 is 0. The second kappa shape index (κ2) is 2.59. The van der Waals surface area contributed by atoms with Crippen molar-refractivity contribution in [3.63, 3.8) is 0 Å². The first kappa shape index (κ1) is 6.22. The van der Waals surface area contributed by atoms with E-state index in [1.165, 1.54) is 11.3 Å². The minimum Gasteiger partial charge on any atom is -0.337 e. The Balaban J connectivity index is 2.72. The molecule has 0 radical (unpaired) electrons. The molecular weight excluding hydrogens is 134 g/mol. The van der Waals surface area contributed by atoms with Gasteiger partial charge in [-0.3, -0.25) is 0 Å². The first-order valence-corrected chi connectivity index (χ1v) is 3.32. The smallest absolute Gasteiger partial charge is 0.209 e. The van der Waals surface area contributed by atoms with E-state index >= 15 is 0 Å². The molecule has 1 rings (SSSR count). The zero-order valence-electron chi connectivity index (χ0n) is 5.09. The molecular formula is C5H7N3S. The van der Waals surface area contributed by atoms with Crippen molar-refractivity contribution in [3.8, 4) is 0 Å². The van der Waals surface area contributed by atoms with Crippen LogP contribution in [-0.2, 0) is 0 Å². The SMILES string of the molecule is C=CNc1nnc(C)s1. The van der Waals surface area contributed by atoms with Crippen molar-refractivity contribution in [3.05, 3.63) is 17.8 Å². The van der Waals surface area contributed by atoms with Gasteiger partial charge in [-0.15, -0.1) is 10.2 Å². The number of aryl methyl sites for hydroxylation is 1. The van der Waals surface area contributed by atoms with Crippen LogP contribution in [0.5, 0.6) is 0 Å². The molecule has 0 aliphatic heterocycles. The third-order valence-corrected chi connectivity index (χ3v) is 1.52. The Labute approximate surface area is 57.4 Å². The largest absolute Gasteiger partial charge is 0.337 e. The number of nitrogens with one attached hydrogen (secondary N) is 1. The van der Waals surface area contributed by atoms with Gasteiger partial charge in [0, 0.05) is 0 Å². The molecule has 4 heteroatoms. The summed E-state index contributed by atoms with van der Waals surface area (Å²) in [5, 5.41) is 12.2. The van der Waals surface area contributed by atoms with E-state index in [0.717, 1.165) is 10.1 Å². The molecule has 1 aromatic heterocycles. The highest BCUT2D eigenvalue weighted by Crippen LogP contribution is 2.12. The maximum atomic E-state index is 3.79. The van der Waals surface area contributed by atoms with Gasteiger partial charge in [-0.2, -0.15) is 0 Å². The van der Waals surface area contributed by atoms with Gasteiger partial charge in [0.15, 0.2) is 0 Å². The van der Waals surface area contributed by atoms with Crippen LogP contribution in [0.2, 0.25) is 0 Å². The van der Waals surface area contributed by atoms with E-state index in [0.29, 0.717) is 0 Å². The molecule has 0 unspecified atom stereocenters. The van der Waals surface area contributed by atoms with E-state index in [2.05, 4.69) is 22.1 Å². The van der Waals surface area contributed by atoms with Crippen molar-refractivity contribution in [1.82, 2.24) is 10.2 Å². The van der Waals surface area contributed by atoms with Crippen molar-refractivity contribution >= 4 is 16.5 Å². The summed E-state index contributed by atoms with van der Waals surface area (Å²) in [7, 11) is 0. The van der Waals surface area contributed by atoms with Gasteiger partial charge in [0.2, 0.25) is 5.13 Å². The molecule has 0 amide bonds. The molecule has 1 N–H and O–H groups in total. The lowest BCUT2D eigenvalue weighted by Gasteiger charge is -1.85. The number of anilines is 1. The fourth-order valence-electron chi connectivity index (χ4n) is 0.442. The number of nitrogens with zero attached hydrogens (tertiary/aromatic N) is 2. The minimum atomic E-state index is 0.794. The van der Waals surface area contributed by atoms with Gasteiger partial charge in [-0.05, 0) is 13.1 Å². The van der Waals surface area contributed by atoms with Crippen LogP contribution in [0, 0.1) is 6.92 Å². The molecule has 1 aromatic rings. The Morgan fingerprint density at radius 2 is 2.44 bits per heavy atom. The Morgan fingerprint density at radius 3 is 2.89 bits per heavy atom. The molecule has 0 saturated heterocycles. The van der Waals surface area contributed by atoms with Crippen molar-refractivity contribution in [2.45, 2.75) is 6.92 Å². The van der Waals surface area contributed by atoms with Crippen molar-refractivity contribution < 1.29 is 0 Å². The van der Waals surface area contributed by atoms with Crippen LogP contribution in [0.4, 0.5) is 5.13 Å². The Hall–Kier alpha value is -0.900. The molecule has 0 aliphatic rings. The molecule has 0 aromatic carbocycles. The highest BCUT2D eigenvalue weighted by Gasteiger charge is 1.93. The van der Waals surface area contributed by atoms with Crippen LogP contribution in [0.3, 0.4) is 0 Å². The first-order valence-electron chi connectivity index (χ1n) is 2.50. The molecule has 0 aliphatic carbocycles. The average Bonchev–Trinajstić information content (AvgIpc) is 2.17. The summed E-state index contributed by atoms with van der Waals surface area (Å²) in [6.45, 7) is 5.40. The Bertz CT molecular complexity index is 206. The zero-order valence-corrected chi connectivity index (χ0v) is 5.90. The molecule has 0 spiro atoms. The standard InChI is InChI=1S/C5H7N3S/c1-3-6-5-8-7-4(2)9-5/h3H,1H2,2H3,(H,6,8). The molecule has 9 heavy (non-hydrogen) atoms. The van der Waals surface area contributed by atoms with Crippen LogP contribution in [-0.4, -0.2) is 10.2 Å². The second-order valence-corrected chi connectivity index (χ2v) is 2.66. The highest BCUT2D eigenvalue weighted by atomic mass is 32.1. The molecule has 48 valence electrons. The summed E-state index contributed by atoms with van der Waals surface area (Å²) in [5.74, 6) is 0. The maximum absolute atomic E-state index is 3.79. The summed E-state index contributed by atoms with van der Waals surface area (Å²) in [5.41, 5.74) is 0. The Kier molecular flexibility index (Phi) is 1.79. The fourth-order valence-corrected chi connectivity index (χ4v) is 1.03.